The molecule has 1 aliphatic heterocycles. The predicted octanol–water partition coefficient (Wildman–Crippen LogP) is 0.309. The highest BCUT2D eigenvalue weighted by atomic mass is 32.2. The molecule has 0 saturated carbocycles. The summed E-state index contributed by atoms with van der Waals surface area (Å²) in [5.74, 6) is 0.786. The maximum atomic E-state index is 11.7. The molecule has 0 aromatic carbocycles. The van der Waals surface area contributed by atoms with Crippen molar-refractivity contribution < 1.29 is 14.7 Å². The second kappa shape index (κ2) is 7.55. The Hall–Kier alpha value is -0.750. The average Bonchev–Trinajstić information content (AvgIpc) is 2.35. The van der Waals surface area contributed by atoms with Gasteiger partial charge in [0.25, 0.3) is 0 Å². The van der Waals surface area contributed by atoms with Crippen molar-refractivity contribution in [3.63, 3.8) is 0 Å². The van der Waals surface area contributed by atoms with Crippen LogP contribution in [0, 0.1) is 5.92 Å². The number of carboxylic acid groups (broad SMARTS) is 1. The Kier molecular flexibility index (Phi) is 6.36. The van der Waals surface area contributed by atoms with Crippen molar-refractivity contribution in [3.05, 3.63) is 0 Å². The van der Waals surface area contributed by atoms with Crippen LogP contribution in [0.25, 0.3) is 0 Å². The number of carbonyl (C=O) groups is 2. The third kappa shape index (κ3) is 5.41. The first kappa shape index (κ1) is 14.3. The normalized spacial score (nSPS) is 21.8. The Balaban J connectivity index is 2.09. The van der Waals surface area contributed by atoms with Gasteiger partial charge in [0, 0.05) is 24.6 Å². The molecule has 1 saturated heterocycles. The van der Waals surface area contributed by atoms with E-state index in [1.54, 1.807) is 18.7 Å². The van der Waals surface area contributed by atoms with Crippen molar-refractivity contribution in [2.75, 3.05) is 24.6 Å². The molecule has 5 nitrogen and oxygen atoms in total. The molecule has 3 N–H and O–H groups in total. The molecule has 1 fully saturated rings. The van der Waals surface area contributed by atoms with E-state index in [9.17, 15) is 9.59 Å². The highest BCUT2D eigenvalue weighted by molar-refractivity contribution is 7.99. The van der Waals surface area contributed by atoms with Crippen LogP contribution >= 0.6 is 11.8 Å². The van der Waals surface area contributed by atoms with E-state index in [0.29, 0.717) is 19.4 Å². The smallest absolute Gasteiger partial charge is 0.306 e. The molecule has 2 unspecified atom stereocenters. The summed E-state index contributed by atoms with van der Waals surface area (Å²) in [4.78, 5) is 22.2. The topological polar surface area (TPSA) is 78.4 Å². The average molecular weight is 260 g/mol. The van der Waals surface area contributed by atoms with E-state index < -0.39 is 5.97 Å². The summed E-state index contributed by atoms with van der Waals surface area (Å²) in [7, 11) is 0. The van der Waals surface area contributed by atoms with Gasteiger partial charge in [-0.3, -0.25) is 9.59 Å². The van der Waals surface area contributed by atoms with Crippen molar-refractivity contribution in [1.82, 2.24) is 10.6 Å². The van der Waals surface area contributed by atoms with Gasteiger partial charge in [-0.25, -0.2) is 0 Å². The highest BCUT2D eigenvalue weighted by Crippen LogP contribution is 2.08. The molecule has 1 heterocycles. The van der Waals surface area contributed by atoms with Gasteiger partial charge >= 0.3 is 5.97 Å². The van der Waals surface area contributed by atoms with Crippen molar-refractivity contribution >= 4 is 23.6 Å². The number of rotatable bonds is 6. The van der Waals surface area contributed by atoms with E-state index in [0.717, 1.165) is 18.1 Å². The Labute approximate surface area is 106 Å². The highest BCUT2D eigenvalue weighted by Gasteiger charge is 2.20. The molecular formula is C11H20N2O3S. The van der Waals surface area contributed by atoms with E-state index in [4.69, 9.17) is 5.11 Å². The van der Waals surface area contributed by atoms with Gasteiger partial charge in [-0.2, -0.15) is 11.8 Å². The maximum Gasteiger partial charge on any atom is 0.306 e. The minimum atomic E-state index is -0.776. The first-order valence-corrected chi connectivity index (χ1v) is 7.08. The van der Waals surface area contributed by atoms with Crippen molar-refractivity contribution in [3.8, 4) is 0 Å². The zero-order valence-electron chi connectivity index (χ0n) is 10.1. The molecule has 1 aliphatic rings. The quantitative estimate of drug-likeness (QED) is 0.599. The molecule has 1 amide bonds. The standard InChI is InChI=1S/C11H20N2O3S/c1-8(11(15)16)3-2-4-13-10(14)9-7-17-6-5-12-9/h8-9,12H,2-7H2,1H3,(H,13,14)(H,15,16). The second-order valence-corrected chi connectivity index (χ2v) is 5.40. The lowest BCUT2D eigenvalue weighted by atomic mass is 10.1. The molecule has 98 valence electrons. The molecule has 0 aromatic heterocycles. The van der Waals surface area contributed by atoms with Gasteiger partial charge in [0.05, 0.1) is 12.0 Å². The number of carbonyl (C=O) groups excluding carboxylic acids is 1. The largest absolute Gasteiger partial charge is 0.481 e. The van der Waals surface area contributed by atoms with Crippen LogP contribution in [0.2, 0.25) is 0 Å². The van der Waals surface area contributed by atoms with Gasteiger partial charge in [-0.1, -0.05) is 6.92 Å². The van der Waals surface area contributed by atoms with Crippen LogP contribution in [0.4, 0.5) is 0 Å². The molecule has 0 aromatic rings. The van der Waals surface area contributed by atoms with Gasteiger partial charge in [0.1, 0.15) is 0 Å². The molecule has 2 atom stereocenters. The van der Waals surface area contributed by atoms with Gasteiger partial charge < -0.3 is 15.7 Å². The van der Waals surface area contributed by atoms with E-state index >= 15 is 0 Å². The Morgan fingerprint density at radius 2 is 2.35 bits per heavy atom. The number of hydrogen-bond acceptors (Lipinski definition) is 4. The van der Waals surface area contributed by atoms with Crippen LogP contribution in [0.5, 0.6) is 0 Å². The van der Waals surface area contributed by atoms with E-state index in [1.807, 2.05) is 0 Å². The van der Waals surface area contributed by atoms with Gasteiger partial charge in [-0.05, 0) is 12.8 Å². The third-order valence-corrected chi connectivity index (χ3v) is 3.83. The van der Waals surface area contributed by atoms with Crippen molar-refractivity contribution in [2.24, 2.45) is 5.92 Å². The summed E-state index contributed by atoms with van der Waals surface area (Å²) in [6.07, 6.45) is 1.31. The molecule has 0 radical (unpaired) electrons. The lowest BCUT2D eigenvalue weighted by molar-refractivity contribution is -0.141. The van der Waals surface area contributed by atoms with Crippen molar-refractivity contribution in [1.29, 1.82) is 0 Å². The number of hydrogen-bond donors (Lipinski definition) is 3. The maximum absolute atomic E-state index is 11.7. The predicted molar refractivity (Wildman–Crippen MR) is 68.2 cm³/mol. The summed E-state index contributed by atoms with van der Waals surface area (Å²) < 4.78 is 0. The third-order valence-electron chi connectivity index (χ3n) is 2.77. The lowest BCUT2D eigenvalue weighted by Gasteiger charge is -2.22. The number of thioether (sulfide) groups is 1. The molecule has 6 heteroatoms. The van der Waals surface area contributed by atoms with Crippen LogP contribution < -0.4 is 10.6 Å². The van der Waals surface area contributed by atoms with Gasteiger partial charge in [0.15, 0.2) is 0 Å². The molecule has 0 spiro atoms. The number of carboxylic acids is 1. The van der Waals surface area contributed by atoms with Crippen LogP contribution in [0.3, 0.4) is 0 Å². The van der Waals surface area contributed by atoms with Crippen LogP contribution in [0.1, 0.15) is 19.8 Å². The zero-order valence-corrected chi connectivity index (χ0v) is 10.9. The van der Waals surface area contributed by atoms with E-state index in [2.05, 4.69) is 10.6 Å². The summed E-state index contributed by atoms with van der Waals surface area (Å²) >= 11 is 1.78. The Morgan fingerprint density at radius 1 is 1.59 bits per heavy atom. The fourth-order valence-corrected chi connectivity index (χ4v) is 2.53. The Bertz CT molecular complexity index is 267. The van der Waals surface area contributed by atoms with E-state index in [-0.39, 0.29) is 17.9 Å². The Morgan fingerprint density at radius 3 is 2.94 bits per heavy atom. The zero-order chi connectivity index (χ0) is 12.7. The fraction of sp³-hybridized carbons (Fsp3) is 0.818. The minimum absolute atomic E-state index is 0.0279. The van der Waals surface area contributed by atoms with Gasteiger partial charge in [0.2, 0.25) is 5.91 Å². The SMILES string of the molecule is CC(CCCNC(=O)C1CSCCN1)C(=O)O. The summed E-state index contributed by atoms with van der Waals surface area (Å²) in [6, 6.07) is -0.0920. The second-order valence-electron chi connectivity index (χ2n) is 4.25. The van der Waals surface area contributed by atoms with E-state index in [1.165, 1.54) is 0 Å². The van der Waals surface area contributed by atoms with Crippen LogP contribution in [-0.2, 0) is 9.59 Å². The number of nitrogens with one attached hydrogen (secondary N) is 2. The minimum Gasteiger partial charge on any atom is -0.481 e. The first-order chi connectivity index (χ1) is 8.11. The van der Waals surface area contributed by atoms with Crippen LogP contribution in [-0.4, -0.2) is 47.6 Å². The monoisotopic (exact) mass is 260 g/mol. The summed E-state index contributed by atoms with van der Waals surface area (Å²) in [6.45, 7) is 3.11. The number of amides is 1. The molecular weight excluding hydrogens is 240 g/mol. The number of aliphatic carboxylic acids is 1. The van der Waals surface area contributed by atoms with Crippen LogP contribution in [0.15, 0.2) is 0 Å². The summed E-state index contributed by atoms with van der Waals surface area (Å²) in [5, 5.41) is 14.7. The van der Waals surface area contributed by atoms with Crippen molar-refractivity contribution in [2.45, 2.75) is 25.8 Å². The molecule has 17 heavy (non-hydrogen) atoms. The molecule has 0 bridgehead atoms. The lowest BCUT2D eigenvalue weighted by Crippen LogP contribution is -2.49. The van der Waals surface area contributed by atoms with Gasteiger partial charge in [-0.15, -0.1) is 0 Å². The molecule has 1 rings (SSSR count). The summed E-state index contributed by atoms with van der Waals surface area (Å²) in [5.41, 5.74) is 0. The molecule has 0 aliphatic carbocycles. The first-order valence-electron chi connectivity index (χ1n) is 5.93. The fourth-order valence-electron chi connectivity index (χ4n) is 1.60.